The summed E-state index contributed by atoms with van der Waals surface area (Å²) in [4.78, 5) is 12.6. The lowest BCUT2D eigenvalue weighted by Gasteiger charge is -2.33. The van der Waals surface area contributed by atoms with E-state index in [1.54, 1.807) is 7.11 Å². The Bertz CT molecular complexity index is 557. The number of benzene rings is 1. The number of nitrogens with zero attached hydrogens (tertiary/aromatic N) is 1. The number of ether oxygens (including phenoxy) is 1. The molecule has 1 atom stereocenters. The maximum atomic E-state index is 12.6. The Morgan fingerprint density at radius 3 is 2.84 bits per heavy atom. The summed E-state index contributed by atoms with van der Waals surface area (Å²) in [7, 11) is 1.65. The topological polar surface area (TPSA) is 50.1 Å². The van der Waals surface area contributed by atoms with E-state index >= 15 is 0 Å². The second-order valence-corrected chi connectivity index (χ2v) is 5.47. The molecule has 0 fully saturated rings. The van der Waals surface area contributed by atoms with E-state index in [9.17, 15) is 4.79 Å². The molecule has 3 nitrogen and oxygen atoms in total. The van der Waals surface area contributed by atoms with Crippen LogP contribution in [0, 0.1) is 23.7 Å². The van der Waals surface area contributed by atoms with Crippen molar-refractivity contribution in [1.82, 2.24) is 0 Å². The third-order valence-corrected chi connectivity index (χ3v) is 4.28. The minimum Gasteiger partial charge on any atom is -0.496 e. The SMILES string of the molecule is COc1ccc2c(c1C)CCC(C)(CCC#N)C2=O. The monoisotopic (exact) mass is 257 g/mol. The molecule has 0 radical (unpaired) electrons. The Morgan fingerprint density at radius 1 is 1.47 bits per heavy atom. The summed E-state index contributed by atoms with van der Waals surface area (Å²) < 4.78 is 5.31. The molecule has 0 amide bonds. The van der Waals surface area contributed by atoms with Crippen LogP contribution in [0.5, 0.6) is 5.75 Å². The zero-order chi connectivity index (χ0) is 14.0. The third kappa shape index (κ3) is 2.23. The first kappa shape index (κ1) is 13.6. The zero-order valence-electron chi connectivity index (χ0n) is 11.7. The number of Topliss-reactive ketones (excluding diaryl/α,β-unsaturated/α-hetero) is 1. The van der Waals surface area contributed by atoms with Gasteiger partial charge in [0.1, 0.15) is 5.75 Å². The molecule has 0 spiro atoms. The van der Waals surface area contributed by atoms with E-state index in [2.05, 4.69) is 6.07 Å². The van der Waals surface area contributed by atoms with Gasteiger partial charge in [0.25, 0.3) is 0 Å². The van der Waals surface area contributed by atoms with Crippen molar-refractivity contribution >= 4 is 5.78 Å². The number of hydrogen-bond acceptors (Lipinski definition) is 3. The minimum absolute atomic E-state index is 0.176. The largest absolute Gasteiger partial charge is 0.496 e. The van der Waals surface area contributed by atoms with Crippen molar-refractivity contribution in [2.75, 3.05) is 7.11 Å². The van der Waals surface area contributed by atoms with Crippen LogP contribution >= 0.6 is 0 Å². The molecule has 0 heterocycles. The van der Waals surface area contributed by atoms with Crippen LogP contribution in [-0.2, 0) is 6.42 Å². The molecule has 1 aliphatic rings. The van der Waals surface area contributed by atoms with Crippen molar-refractivity contribution < 1.29 is 9.53 Å². The zero-order valence-corrected chi connectivity index (χ0v) is 11.7. The minimum atomic E-state index is -0.385. The number of fused-ring (bicyclic) bond motifs is 1. The van der Waals surface area contributed by atoms with Crippen LogP contribution in [0.1, 0.15) is 47.7 Å². The number of methoxy groups -OCH3 is 1. The van der Waals surface area contributed by atoms with Gasteiger partial charge in [-0.1, -0.05) is 6.92 Å². The Balaban J connectivity index is 2.40. The summed E-state index contributed by atoms with van der Waals surface area (Å²) in [5, 5.41) is 8.73. The van der Waals surface area contributed by atoms with Crippen molar-refractivity contribution in [3.8, 4) is 11.8 Å². The summed E-state index contributed by atoms with van der Waals surface area (Å²) in [5.41, 5.74) is 2.60. The van der Waals surface area contributed by atoms with Crippen LogP contribution in [0.4, 0.5) is 0 Å². The first-order valence-corrected chi connectivity index (χ1v) is 6.62. The van der Waals surface area contributed by atoms with Crippen LogP contribution in [0.3, 0.4) is 0 Å². The Labute approximate surface area is 114 Å². The summed E-state index contributed by atoms with van der Waals surface area (Å²) in [6.07, 6.45) is 2.78. The van der Waals surface area contributed by atoms with E-state index in [0.717, 1.165) is 35.3 Å². The molecule has 1 unspecified atom stereocenters. The molecule has 2 rings (SSSR count). The van der Waals surface area contributed by atoms with Crippen molar-refractivity contribution in [1.29, 1.82) is 5.26 Å². The fraction of sp³-hybridized carbons (Fsp3) is 0.500. The molecular formula is C16H19NO2. The predicted molar refractivity (Wildman–Crippen MR) is 73.3 cm³/mol. The molecule has 3 heteroatoms. The molecule has 0 aliphatic heterocycles. The number of nitriles is 1. The smallest absolute Gasteiger partial charge is 0.169 e. The molecule has 0 aromatic heterocycles. The van der Waals surface area contributed by atoms with Crippen molar-refractivity contribution in [2.24, 2.45) is 5.41 Å². The maximum Gasteiger partial charge on any atom is 0.169 e. The molecule has 0 N–H and O–H groups in total. The Morgan fingerprint density at radius 2 is 2.21 bits per heavy atom. The van der Waals surface area contributed by atoms with Gasteiger partial charge in [-0.05, 0) is 49.4 Å². The highest BCUT2D eigenvalue weighted by atomic mass is 16.5. The van der Waals surface area contributed by atoms with E-state index in [0.29, 0.717) is 12.8 Å². The fourth-order valence-corrected chi connectivity index (χ4v) is 2.90. The average molecular weight is 257 g/mol. The highest BCUT2D eigenvalue weighted by Gasteiger charge is 2.38. The van der Waals surface area contributed by atoms with Crippen molar-refractivity contribution in [2.45, 2.75) is 39.5 Å². The van der Waals surface area contributed by atoms with Gasteiger partial charge in [-0.15, -0.1) is 0 Å². The number of carbonyl (C=O) groups is 1. The molecular weight excluding hydrogens is 238 g/mol. The number of ketones is 1. The summed E-state index contributed by atoms with van der Waals surface area (Å²) in [5.74, 6) is 1.02. The van der Waals surface area contributed by atoms with Gasteiger partial charge in [0.05, 0.1) is 13.2 Å². The maximum absolute atomic E-state index is 12.6. The molecule has 1 aliphatic carbocycles. The first-order chi connectivity index (χ1) is 9.03. The standard InChI is InChI=1S/C16H19NO2/c1-11-12-7-9-16(2,8-4-10-17)15(18)13(12)5-6-14(11)19-3/h5-6H,4,7-9H2,1-3H3. The quantitative estimate of drug-likeness (QED) is 0.833. The van der Waals surface area contributed by atoms with E-state index < -0.39 is 0 Å². The summed E-state index contributed by atoms with van der Waals surface area (Å²) in [6, 6.07) is 5.87. The number of hydrogen-bond donors (Lipinski definition) is 0. The third-order valence-electron chi connectivity index (χ3n) is 4.28. The van der Waals surface area contributed by atoms with Crippen LogP contribution in [0.15, 0.2) is 12.1 Å². The molecule has 100 valence electrons. The second-order valence-electron chi connectivity index (χ2n) is 5.47. The lowest BCUT2D eigenvalue weighted by Crippen LogP contribution is -2.33. The van der Waals surface area contributed by atoms with Gasteiger partial charge < -0.3 is 4.74 Å². The van der Waals surface area contributed by atoms with Gasteiger partial charge in [0.2, 0.25) is 0 Å². The van der Waals surface area contributed by atoms with E-state index in [-0.39, 0.29) is 11.2 Å². The molecule has 1 aromatic rings. The van der Waals surface area contributed by atoms with Gasteiger partial charge in [0, 0.05) is 17.4 Å². The lowest BCUT2D eigenvalue weighted by molar-refractivity contribution is 0.0771. The first-order valence-electron chi connectivity index (χ1n) is 6.62. The van der Waals surface area contributed by atoms with Gasteiger partial charge in [-0.3, -0.25) is 4.79 Å². The molecule has 0 saturated carbocycles. The lowest BCUT2D eigenvalue weighted by atomic mass is 9.68. The summed E-state index contributed by atoms with van der Waals surface area (Å²) in [6.45, 7) is 3.98. The van der Waals surface area contributed by atoms with E-state index in [4.69, 9.17) is 10.00 Å². The van der Waals surface area contributed by atoms with Crippen LogP contribution < -0.4 is 4.74 Å². The normalized spacial score (nSPS) is 21.7. The van der Waals surface area contributed by atoms with Gasteiger partial charge in [0.15, 0.2) is 5.78 Å². The van der Waals surface area contributed by atoms with Crippen LogP contribution in [-0.4, -0.2) is 12.9 Å². The van der Waals surface area contributed by atoms with E-state index in [1.807, 2.05) is 26.0 Å². The highest BCUT2D eigenvalue weighted by Crippen LogP contribution is 2.41. The molecule has 19 heavy (non-hydrogen) atoms. The molecule has 1 aromatic carbocycles. The van der Waals surface area contributed by atoms with Crippen LogP contribution in [0.2, 0.25) is 0 Å². The van der Waals surface area contributed by atoms with Gasteiger partial charge in [-0.25, -0.2) is 0 Å². The van der Waals surface area contributed by atoms with Gasteiger partial charge in [-0.2, -0.15) is 5.26 Å². The van der Waals surface area contributed by atoms with Gasteiger partial charge >= 0.3 is 0 Å². The molecule has 0 saturated heterocycles. The molecule has 0 bridgehead atoms. The highest BCUT2D eigenvalue weighted by molar-refractivity contribution is 6.03. The van der Waals surface area contributed by atoms with E-state index in [1.165, 1.54) is 0 Å². The Kier molecular flexibility index (Phi) is 3.61. The predicted octanol–water partition coefficient (Wildman–Crippen LogP) is 3.44. The van der Waals surface area contributed by atoms with Crippen LogP contribution in [0.25, 0.3) is 0 Å². The average Bonchev–Trinajstić information content (AvgIpc) is 2.42. The van der Waals surface area contributed by atoms with Crippen molar-refractivity contribution in [3.63, 3.8) is 0 Å². The second kappa shape index (κ2) is 5.05. The fourth-order valence-electron chi connectivity index (χ4n) is 2.90. The summed E-state index contributed by atoms with van der Waals surface area (Å²) >= 11 is 0. The number of rotatable bonds is 3. The Hall–Kier alpha value is -1.82. The van der Waals surface area contributed by atoms with Crippen molar-refractivity contribution in [3.05, 3.63) is 28.8 Å². The number of carbonyl (C=O) groups excluding carboxylic acids is 1.